The smallest absolute Gasteiger partial charge is 0.164 e. The molecule has 0 aliphatic rings. The maximum absolute atomic E-state index is 6.46. The number of rotatable bonds is 3. The zero-order valence-electron chi connectivity index (χ0n) is 22.3. The maximum Gasteiger partial charge on any atom is 0.164 e. The molecule has 9 aromatic rings. The van der Waals surface area contributed by atoms with E-state index in [1.807, 2.05) is 48.5 Å². The van der Waals surface area contributed by atoms with Crippen LogP contribution in [0.3, 0.4) is 0 Å². The maximum atomic E-state index is 6.46. The molecule has 0 unspecified atom stereocenters. The first-order chi connectivity index (χ1) is 20.8. The van der Waals surface area contributed by atoms with E-state index in [1.165, 1.54) is 20.2 Å². The Hall–Kier alpha value is -5.39. The summed E-state index contributed by atoms with van der Waals surface area (Å²) in [4.78, 5) is 15.2. The number of aromatic nitrogens is 3. The van der Waals surface area contributed by atoms with Crippen molar-refractivity contribution in [1.29, 1.82) is 0 Å². The summed E-state index contributed by atoms with van der Waals surface area (Å²) in [7, 11) is 0. The van der Waals surface area contributed by atoms with E-state index < -0.39 is 0 Å². The average molecular weight is 556 g/mol. The predicted molar refractivity (Wildman–Crippen MR) is 174 cm³/mol. The van der Waals surface area contributed by atoms with E-state index >= 15 is 0 Å². The van der Waals surface area contributed by atoms with Crippen LogP contribution in [-0.2, 0) is 0 Å². The first-order valence-corrected chi connectivity index (χ1v) is 14.7. The van der Waals surface area contributed by atoms with Crippen molar-refractivity contribution in [2.45, 2.75) is 0 Å². The summed E-state index contributed by atoms with van der Waals surface area (Å²) in [6.07, 6.45) is 0. The van der Waals surface area contributed by atoms with Crippen LogP contribution in [0.15, 0.2) is 132 Å². The van der Waals surface area contributed by atoms with E-state index in [0.717, 1.165) is 49.4 Å². The molecule has 0 saturated heterocycles. The van der Waals surface area contributed by atoms with E-state index in [1.54, 1.807) is 11.3 Å². The first-order valence-electron chi connectivity index (χ1n) is 13.9. The van der Waals surface area contributed by atoms with Crippen molar-refractivity contribution in [2.24, 2.45) is 0 Å². The number of benzene rings is 6. The highest BCUT2D eigenvalue weighted by Gasteiger charge is 2.18. The van der Waals surface area contributed by atoms with E-state index in [-0.39, 0.29) is 0 Å². The second-order valence-corrected chi connectivity index (χ2v) is 11.5. The van der Waals surface area contributed by atoms with E-state index in [9.17, 15) is 0 Å². The van der Waals surface area contributed by atoms with Gasteiger partial charge in [0.05, 0.1) is 0 Å². The molecule has 0 spiro atoms. The molecule has 0 radical (unpaired) electrons. The molecular formula is C37H21N3OS. The number of hydrogen-bond donors (Lipinski definition) is 0. The molecule has 3 aromatic heterocycles. The van der Waals surface area contributed by atoms with Gasteiger partial charge in [-0.3, -0.25) is 0 Å². The SMILES string of the molecule is c1ccc(-c2nc(-c3ccc4c(c3)sc3ccccc34)nc(-c3cccc4ccc5c6ccccc6oc5c34)n2)cc1. The summed E-state index contributed by atoms with van der Waals surface area (Å²) >= 11 is 1.79. The second-order valence-electron chi connectivity index (χ2n) is 10.4. The highest BCUT2D eigenvalue weighted by atomic mass is 32.1. The molecule has 0 N–H and O–H groups in total. The normalized spacial score (nSPS) is 11.8. The molecule has 42 heavy (non-hydrogen) atoms. The molecule has 0 saturated carbocycles. The summed E-state index contributed by atoms with van der Waals surface area (Å²) in [5.41, 5.74) is 4.54. The molecule has 0 amide bonds. The molecule has 5 heteroatoms. The summed E-state index contributed by atoms with van der Waals surface area (Å²) in [6, 6.07) is 43.9. The van der Waals surface area contributed by atoms with Crippen molar-refractivity contribution in [2.75, 3.05) is 0 Å². The minimum Gasteiger partial charge on any atom is -0.455 e. The van der Waals surface area contributed by atoms with Gasteiger partial charge in [-0.2, -0.15) is 0 Å². The Morgan fingerprint density at radius 2 is 1.19 bits per heavy atom. The Morgan fingerprint density at radius 3 is 2.10 bits per heavy atom. The largest absolute Gasteiger partial charge is 0.455 e. The third kappa shape index (κ3) is 3.57. The van der Waals surface area contributed by atoms with Crippen LogP contribution in [0.4, 0.5) is 0 Å². The molecule has 0 aliphatic heterocycles. The number of thiophene rings is 1. The lowest BCUT2D eigenvalue weighted by Gasteiger charge is -2.11. The lowest BCUT2D eigenvalue weighted by atomic mass is 10.0. The minimum atomic E-state index is 0.619. The summed E-state index contributed by atoms with van der Waals surface area (Å²) in [5, 5.41) is 6.78. The van der Waals surface area contributed by atoms with Gasteiger partial charge in [-0.1, -0.05) is 103 Å². The summed E-state index contributed by atoms with van der Waals surface area (Å²) in [6.45, 7) is 0. The van der Waals surface area contributed by atoms with Gasteiger partial charge in [0.2, 0.25) is 0 Å². The number of nitrogens with zero attached hydrogens (tertiary/aromatic N) is 3. The van der Waals surface area contributed by atoms with E-state index in [2.05, 4.69) is 78.9 Å². The van der Waals surface area contributed by atoms with Crippen molar-refractivity contribution in [3.8, 4) is 34.2 Å². The Kier molecular flexibility index (Phi) is 5.03. The number of fused-ring (bicyclic) bond motifs is 8. The molecule has 0 fully saturated rings. The highest BCUT2D eigenvalue weighted by molar-refractivity contribution is 7.25. The quantitative estimate of drug-likeness (QED) is 0.218. The fourth-order valence-corrected chi connectivity index (χ4v) is 7.09. The van der Waals surface area contributed by atoms with Gasteiger partial charge in [0.15, 0.2) is 17.5 Å². The molecular weight excluding hydrogens is 534 g/mol. The molecule has 9 rings (SSSR count). The number of hydrogen-bond acceptors (Lipinski definition) is 5. The molecule has 0 atom stereocenters. The zero-order valence-corrected chi connectivity index (χ0v) is 23.1. The Bertz CT molecular complexity index is 2480. The third-order valence-corrected chi connectivity index (χ3v) is 9.07. The fourth-order valence-electron chi connectivity index (χ4n) is 5.95. The van der Waals surface area contributed by atoms with Gasteiger partial charge in [0, 0.05) is 53.0 Å². The Morgan fingerprint density at radius 1 is 0.476 bits per heavy atom. The van der Waals surface area contributed by atoms with Crippen LogP contribution in [0.5, 0.6) is 0 Å². The Labute approximate surface area is 244 Å². The van der Waals surface area contributed by atoms with Crippen LogP contribution in [0.2, 0.25) is 0 Å². The van der Waals surface area contributed by atoms with Crippen LogP contribution >= 0.6 is 11.3 Å². The lowest BCUT2D eigenvalue weighted by molar-refractivity contribution is 0.672. The van der Waals surface area contributed by atoms with Gasteiger partial charge in [-0.15, -0.1) is 11.3 Å². The first kappa shape index (κ1) is 23.3. The van der Waals surface area contributed by atoms with Gasteiger partial charge in [0.25, 0.3) is 0 Å². The van der Waals surface area contributed by atoms with Crippen LogP contribution in [-0.4, -0.2) is 15.0 Å². The van der Waals surface area contributed by atoms with Gasteiger partial charge in [-0.05, 0) is 29.7 Å². The molecule has 196 valence electrons. The number of furan rings is 1. The lowest BCUT2D eigenvalue weighted by Crippen LogP contribution is -2.00. The molecule has 0 aliphatic carbocycles. The van der Waals surface area contributed by atoms with Crippen LogP contribution in [0.25, 0.3) is 87.0 Å². The van der Waals surface area contributed by atoms with Crippen molar-refractivity contribution in [3.63, 3.8) is 0 Å². The second kappa shape index (κ2) is 9.06. The van der Waals surface area contributed by atoms with Gasteiger partial charge >= 0.3 is 0 Å². The third-order valence-electron chi connectivity index (χ3n) is 7.93. The van der Waals surface area contributed by atoms with Gasteiger partial charge in [0.1, 0.15) is 11.2 Å². The van der Waals surface area contributed by atoms with Crippen molar-refractivity contribution >= 4 is 64.2 Å². The van der Waals surface area contributed by atoms with Crippen molar-refractivity contribution in [3.05, 3.63) is 127 Å². The highest BCUT2D eigenvalue weighted by Crippen LogP contribution is 2.40. The molecule has 4 nitrogen and oxygen atoms in total. The topological polar surface area (TPSA) is 51.8 Å². The van der Waals surface area contributed by atoms with Gasteiger partial charge in [-0.25, -0.2) is 15.0 Å². The van der Waals surface area contributed by atoms with Gasteiger partial charge < -0.3 is 4.42 Å². The van der Waals surface area contributed by atoms with E-state index in [0.29, 0.717) is 17.5 Å². The van der Waals surface area contributed by atoms with Crippen molar-refractivity contribution < 1.29 is 4.42 Å². The predicted octanol–water partition coefficient (Wildman–Crippen LogP) is 10.3. The molecule has 6 aromatic carbocycles. The monoisotopic (exact) mass is 555 g/mol. The zero-order chi connectivity index (χ0) is 27.6. The molecule has 3 heterocycles. The minimum absolute atomic E-state index is 0.619. The Balaban J connectivity index is 1.32. The standard InChI is InChI=1S/C37H21N3OS/c1-2-9-23(10-3-1)35-38-36(24-18-19-27-26-13-5-7-16-31(26)42-32(27)21-24)40-37(39-35)29-14-8-11-22-17-20-28-25-12-4-6-15-30(25)41-34(28)33(22)29/h1-21H. The van der Waals surface area contributed by atoms with E-state index in [4.69, 9.17) is 19.4 Å². The summed E-state index contributed by atoms with van der Waals surface area (Å²) in [5.74, 6) is 1.90. The summed E-state index contributed by atoms with van der Waals surface area (Å²) < 4.78 is 8.95. The van der Waals surface area contributed by atoms with Crippen LogP contribution in [0, 0.1) is 0 Å². The fraction of sp³-hybridized carbons (Fsp3) is 0. The van der Waals surface area contributed by atoms with Crippen LogP contribution < -0.4 is 0 Å². The van der Waals surface area contributed by atoms with Crippen molar-refractivity contribution in [1.82, 2.24) is 15.0 Å². The molecule has 0 bridgehead atoms. The average Bonchev–Trinajstić information content (AvgIpc) is 3.63. The number of para-hydroxylation sites is 1. The van der Waals surface area contributed by atoms with Crippen LogP contribution in [0.1, 0.15) is 0 Å².